The van der Waals surface area contributed by atoms with Crippen LogP contribution in [0.5, 0.6) is 0 Å². The summed E-state index contributed by atoms with van der Waals surface area (Å²) in [6, 6.07) is 0. The van der Waals surface area contributed by atoms with Crippen LogP contribution in [-0.4, -0.2) is 23.0 Å². The predicted octanol–water partition coefficient (Wildman–Crippen LogP) is 3.36. The van der Waals surface area contributed by atoms with Crippen molar-refractivity contribution in [3.05, 3.63) is 21.8 Å². The Labute approximate surface area is 125 Å². The lowest BCUT2D eigenvalue weighted by Crippen LogP contribution is -2.51. The number of allylic oxidation sites excluding steroid dienone is 2. The van der Waals surface area contributed by atoms with E-state index in [-0.39, 0.29) is 29.8 Å². The molecule has 0 aromatic heterocycles. The first-order valence-corrected chi connectivity index (χ1v) is 7.68. The van der Waals surface area contributed by atoms with E-state index in [2.05, 4.69) is 13.0 Å². The second kappa shape index (κ2) is 5.43. The molecule has 0 radical (unpaired) electrons. The predicted molar refractivity (Wildman–Crippen MR) is 79.3 cm³/mol. The van der Waals surface area contributed by atoms with E-state index in [1.54, 1.807) is 0 Å². The van der Waals surface area contributed by atoms with Crippen LogP contribution < -0.4 is 0 Å². The van der Waals surface area contributed by atoms with E-state index in [1.807, 2.05) is 20.8 Å². The van der Waals surface area contributed by atoms with Gasteiger partial charge in [0, 0.05) is 4.92 Å². The largest absolute Gasteiger partial charge is 0.460 e. The molecule has 0 N–H and O–H groups in total. The molecule has 5 nitrogen and oxygen atoms in total. The van der Waals surface area contributed by atoms with Gasteiger partial charge >= 0.3 is 5.97 Å². The molecule has 3 atom stereocenters. The molecule has 0 amide bonds. The van der Waals surface area contributed by atoms with Crippen molar-refractivity contribution in [2.45, 2.75) is 59.0 Å². The van der Waals surface area contributed by atoms with Crippen LogP contribution >= 0.6 is 0 Å². The number of hydrogen-bond acceptors (Lipinski definition) is 4. The average Bonchev–Trinajstić information content (AvgIpc) is 2.63. The highest BCUT2D eigenvalue weighted by atomic mass is 16.6. The molecule has 0 saturated heterocycles. The molecule has 0 heterocycles. The summed E-state index contributed by atoms with van der Waals surface area (Å²) in [4.78, 5) is 22.9. The number of nitrogens with zero attached hydrogens (tertiary/aromatic N) is 1. The Morgan fingerprint density at radius 3 is 2.71 bits per heavy atom. The lowest BCUT2D eigenvalue weighted by Gasteiger charge is -2.49. The zero-order chi connectivity index (χ0) is 15.8. The van der Waals surface area contributed by atoms with Crippen LogP contribution in [-0.2, 0) is 9.53 Å². The molecular formula is C16H25NO4. The fourth-order valence-corrected chi connectivity index (χ4v) is 3.90. The Bertz CT molecular complexity index is 477. The number of hydrogen-bond donors (Lipinski definition) is 0. The van der Waals surface area contributed by atoms with Gasteiger partial charge in [-0.15, -0.1) is 0 Å². The van der Waals surface area contributed by atoms with Crippen molar-refractivity contribution in [2.75, 3.05) is 6.54 Å². The van der Waals surface area contributed by atoms with Crippen LogP contribution in [0.3, 0.4) is 0 Å². The maximum atomic E-state index is 12.1. The molecule has 0 aromatic carbocycles. The van der Waals surface area contributed by atoms with E-state index in [9.17, 15) is 14.9 Å². The molecule has 2 aliphatic rings. The molecule has 3 unspecified atom stereocenters. The van der Waals surface area contributed by atoms with Crippen LogP contribution in [0.4, 0.5) is 0 Å². The fraction of sp³-hybridized carbons (Fsp3) is 0.812. The minimum Gasteiger partial charge on any atom is -0.460 e. The first-order chi connectivity index (χ1) is 9.65. The first kappa shape index (κ1) is 16.0. The zero-order valence-electron chi connectivity index (χ0n) is 13.3. The molecule has 2 aliphatic carbocycles. The third-order valence-electron chi connectivity index (χ3n) is 4.64. The van der Waals surface area contributed by atoms with Gasteiger partial charge in [0.15, 0.2) is 0 Å². The third kappa shape index (κ3) is 3.44. The number of carbonyl (C=O) groups is 1. The van der Waals surface area contributed by atoms with Crippen molar-refractivity contribution in [1.82, 2.24) is 0 Å². The van der Waals surface area contributed by atoms with Gasteiger partial charge < -0.3 is 4.74 Å². The van der Waals surface area contributed by atoms with E-state index < -0.39 is 11.0 Å². The second-order valence-corrected chi connectivity index (χ2v) is 7.49. The van der Waals surface area contributed by atoms with E-state index in [4.69, 9.17) is 4.74 Å². The Balaban J connectivity index is 2.11. The normalized spacial score (nSPS) is 31.1. The molecule has 0 aliphatic heterocycles. The number of nitro groups is 1. The summed E-state index contributed by atoms with van der Waals surface area (Å²) < 4.78 is 5.37. The monoisotopic (exact) mass is 295 g/mol. The Morgan fingerprint density at radius 2 is 2.19 bits per heavy atom. The maximum absolute atomic E-state index is 12.1. The summed E-state index contributed by atoms with van der Waals surface area (Å²) in [5, 5.41) is 11.0. The molecular weight excluding hydrogens is 270 g/mol. The van der Waals surface area contributed by atoms with E-state index >= 15 is 0 Å². The Hall–Kier alpha value is -1.39. The molecule has 0 bridgehead atoms. The van der Waals surface area contributed by atoms with Gasteiger partial charge in [0.05, 0.1) is 11.8 Å². The van der Waals surface area contributed by atoms with Crippen LogP contribution in [0.2, 0.25) is 0 Å². The van der Waals surface area contributed by atoms with E-state index in [0.29, 0.717) is 5.92 Å². The third-order valence-corrected chi connectivity index (χ3v) is 4.64. The minimum absolute atomic E-state index is 0.138. The molecule has 1 saturated carbocycles. The number of rotatable bonds is 5. The Morgan fingerprint density at radius 1 is 1.52 bits per heavy atom. The van der Waals surface area contributed by atoms with Gasteiger partial charge in [-0.25, -0.2) is 0 Å². The second-order valence-electron chi connectivity index (χ2n) is 7.49. The van der Waals surface area contributed by atoms with Gasteiger partial charge in [0.25, 0.3) is 0 Å². The SMILES string of the molecule is CCC1=CC2C(C1)CC2(CC(=O)OC(C)(C)C)C[N+](=O)[O-]. The lowest BCUT2D eigenvalue weighted by atomic mass is 9.53. The first-order valence-electron chi connectivity index (χ1n) is 7.68. The summed E-state index contributed by atoms with van der Waals surface area (Å²) in [6.07, 6.45) is 5.13. The molecule has 5 heteroatoms. The van der Waals surface area contributed by atoms with Gasteiger partial charge in [-0.3, -0.25) is 14.9 Å². The number of fused-ring (bicyclic) bond motifs is 1. The van der Waals surface area contributed by atoms with Crippen molar-refractivity contribution < 1.29 is 14.5 Å². The maximum Gasteiger partial charge on any atom is 0.307 e. The van der Waals surface area contributed by atoms with Gasteiger partial charge in [0.2, 0.25) is 6.54 Å². The standard InChI is InChI=1S/C16H25NO4/c1-5-11-6-12-8-16(10-17(19)20,13(12)7-11)9-14(18)21-15(2,3)4/h7,12-13H,5-6,8-10H2,1-4H3. The molecule has 0 aromatic rings. The van der Waals surface area contributed by atoms with Crippen LogP contribution in [0.25, 0.3) is 0 Å². The quantitative estimate of drug-likeness (QED) is 0.337. The van der Waals surface area contributed by atoms with Crippen LogP contribution in [0.1, 0.15) is 53.4 Å². The summed E-state index contributed by atoms with van der Waals surface area (Å²) >= 11 is 0. The average molecular weight is 295 g/mol. The van der Waals surface area contributed by atoms with Gasteiger partial charge in [0.1, 0.15) is 5.60 Å². The zero-order valence-corrected chi connectivity index (χ0v) is 13.3. The number of carbonyl (C=O) groups excluding carboxylic acids is 1. The topological polar surface area (TPSA) is 69.4 Å². The van der Waals surface area contributed by atoms with Gasteiger partial charge in [-0.05, 0) is 51.9 Å². The van der Waals surface area contributed by atoms with E-state index in [1.165, 1.54) is 5.57 Å². The minimum atomic E-state index is -0.546. The molecule has 1 fully saturated rings. The lowest BCUT2D eigenvalue weighted by molar-refractivity contribution is -0.506. The molecule has 21 heavy (non-hydrogen) atoms. The summed E-state index contributed by atoms with van der Waals surface area (Å²) in [7, 11) is 0. The van der Waals surface area contributed by atoms with Gasteiger partial charge in [-0.1, -0.05) is 18.6 Å². The smallest absolute Gasteiger partial charge is 0.307 e. The van der Waals surface area contributed by atoms with Crippen LogP contribution in [0.15, 0.2) is 11.6 Å². The van der Waals surface area contributed by atoms with Crippen molar-refractivity contribution in [3.8, 4) is 0 Å². The highest BCUT2D eigenvalue weighted by Crippen LogP contribution is 2.60. The summed E-state index contributed by atoms with van der Waals surface area (Å²) in [6.45, 7) is 7.43. The van der Waals surface area contributed by atoms with Crippen molar-refractivity contribution >= 4 is 5.97 Å². The van der Waals surface area contributed by atoms with Crippen LogP contribution in [0, 0.1) is 27.4 Å². The molecule has 0 spiro atoms. The summed E-state index contributed by atoms with van der Waals surface area (Å²) in [5.41, 5.74) is 0.295. The van der Waals surface area contributed by atoms with Gasteiger partial charge in [-0.2, -0.15) is 0 Å². The highest BCUT2D eigenvalue weighted by Gasteiger charge is 2.58. The number of ether oxygens (including phenoxy) is 1. The van der Waals surface area contributed by atoms with Crippen molar-refractivity contribution in [1.29, 1.82) is 0 Å². The fourth-order valence-electron chi connectivity index (χ4n) is 3.90. The van der Waals surface area contributed by atoms with E-state index in [0.717, 1.165) is 19.3 Å². The Kier molecular flexibility index (Phi) is 4.13. The summed E-state index contributed by atoms with van der Waals surface area (Å²) in [5.74, 6) is 0.342. The highest BCUT2D eigenvalue weighted by molar-refractivity contribution is 5.71. The number of esters is 1. The molecule has 2 rings (SSSR count). The van der Waals surface area contributed by atoms with Crippen molar-refractivity contribution in [3.63, 3.8) is 0 Å². The molecule has 118 valence electrons. The van der Waals surface area contributed by atoms with Crippen molar-refractivity contribution in [2.24, 2.45) is 17.3 Å².